The highest BCUT2D eigenvalue weighted by Crippen LogP contribution is 2.61. The minimum Gasteiger partial charge on any atom is -0.493 e. The van der Waals surface area contributed by atoms with E-state index in [1.807, 2.05) is 12.1 Å². The van der Waals surface area contributed by atoms with Crippen molar-refractivity contribution in [1.29, 1.82) is 0 Å². The number of amides is 1. The van der Waals surface area contributed by atoms with Gasteiger partial charge < -0.3 is 14.4 Å². The number of nitrogens with zero attached hydrogens (tertiary/aromatic N) is 1. The molecule has 4 aliphatic carbocycles. The summed E-state index contributed by atoms with van der Waals surface area (Å²) in [5.41, 5.74) is 0.698. The van der Waals surface area contributed by atoms with Crippen molar-refractivity contribution in [1.82, 2.24) is 4.90 Å². The molecule has 0 spiro atoms. The Labute approximate surface area is 162 Å². The molecule has 4 saturated carbocycles. The van der Waals surface area contributed by atoms with Crippen molar-refractivity contribution in [2.75, 3.05) is 14.2 Å². The van der Waals surface area contributed by atoms with Crippen molar-refractivity contribution in [3.05, 3.63) is 23.8 Å². The van der Waals surface area contributed by atoms with Crippen LogP contribution < -0.4 is 9.47 Å². The van der Waals surface area contributed by atoms with E-state index in [4.69, 9.17) is 9.47 Å². The lowest BCUT2D eigenvalue weighted by molar-refractivity contribution is -0.191. The smallest absolute Gasteiger partial charge is 0.231 e. The number of ether oxygens (including phenoxy) is 2. The van der Waals surface area contributed by atoms with E-state index in [0.29, 0.717) is 23.8 Å². The van der Waals surface area contributed by atoms with Crippen LogP contribution in [0.5, 0.6) is 11.5 Å². The standard InChI is InChI=1S/C23H31NO3/c1-23(2)21(17-6-5-7-18(26-3)20(17)27-4)24(22(23)25)19-15-9-13-8-14(11-15)12-16(19)10-13/h5-7,13-16,19,21H,8-12H2,1-4H3. The number of benzene rings is 1. The summed E-state index contributed by atoms with van der Waals surface area (Å²) < 4.78 is 11.3. The molecule has 0 aromatic heterocycles. The first-order valence-corrected chi connectivity index (χ1v) is 10.5. The number of rotatable bonds is 4. The van der Waals surface area contributed by atoms with Gasteiger partial charge in [-0.15, -0.1) is 0 Å². The van der Waals surface area contributed by atoms with E-state index in [9.17, 15) is 4.79 Å². The summed E-state index contributed by atoms with van der Waals surface area (Å²) in [6.45, 7) is 4.18. The molecule has 4 nitrogen and oxygen atoms in total. The van der Waals surface area contributed by atoms with Crippen LogP contribution >= 0.6 is 0 Å². The molecule has 0 N–H and O–H groups in total. The molecule has 1 amide bonds. The van der Waals surface area contributed by atoms with Crippen LogP contribution in [-0.4, -0.2) is 31.1 Å². The van der Waals surface area contributed by atoms with Gasteiger partial charge in [0.2, 0.25) is 5.91 Å². The molecule has 1 atom stereocenters. The number of hydrogen-bond donors (Lipinski definition) is 0. The zero-order valence-corrected chi connectivity index (χ0v) is 16.9. The topological polar surface area (TPSA) is 38.8 Å². The molecule has 1 saturated heterocycles. The average molecular weight is 370 g/mol. The Morgan fingerprint density at radius 2 is 1.59 bits per heavy atom. The third-order valence-corrected chi connectivity index (χ3v) is 7.97. The van der Waals surface area contributed by atoms with Crippen LogP contribution in [-0.2, 0) is 4.79 Å². The third kappa shape index (κ3) is 2.31. The fourth-order valence-corrected chi connectivity index (χ4v) is 7.17. The van der Waals surface area contributed by atoms with Gasteiger partial charge in [-0.05, 0) is 75.7 Å². The van der Waals surface area contributed by atoms with E-state index in [0.717, 1.165) is 28.9 Å². The minimum atomic E-state index is -0.395. The predicted molar refractivity (Wildman–Crippen MR) is 104 cm³/mol. The normalized spacial score (nSPS) is 38.7. The van der Waals surface area contributed by atoms with Crippen LogP contribution in [0.4, 0.5) is 0 Å². The van der Waals surface area contributed by atoms with Gasteiger partial charge in [0.15, 0.2) is 11.5 Å². The summed E-state index contributed by atoms with van der Waals surface area (Å²) in [6, 6.07) is 6.55. The van der Waals surface area contributed by atoms with E-state index < -0.39 is 5.41 Å². The molecule has 1 aromatic rings. The van der Waals surface area contributed by atoms with Crippen LogP contribution in [0.15, 0.2) is 18.2 Å². The monoisotopic (exact) mass is 369 g/mol. The van der Waals surface area contributed by atoms with Crippen molar-refractivity contribution >= 4 is 5.91 Å². The molecule has 146 valence electrons. The van der Waals surface area contributed by atoms with Gasteiger partial charge in [0.25, 0.3) is 0 Å². The first-order valence-electron chi connectivity index (χ1n) is 10.5. The minimum absolute atomic E-state index is 0.0672. The van der Waals surface area contributed by atoms with E-state index >= 15 is 0 Å². The lowest BCUT2D eigenvalue weighted by Gasteiger charge is -2.64. The predicted octanol–water partition coefficient (Wildman–Crippen LogP) is 4.44. The van der Waals surface area contributed by atoms with Crippen molar-refractivity contribution in [3.8, 4) is 11.5 Å². The fourth-order valence-electron chi connectivity index (χ4n) is 7.17. The van der Waals surface area contributed by atoms with Crippen molar-refractivity contribution in [3.63, 3.8) is 0 Å². The van der Waals surface area contributed by atoms with Crippen LogP contribution in [0.1, 0.15) is 57.6 Å². The van der Waals surface area contributed by atoms with Gasteiger partial charge in [0, 0.05) is 11.6 Å². The lowest BCUT2D eigenvalue weighted by atomic mass is 9.52. The van der Waals surface area contributed by atoms with Crippen molar-refractivity contribution < 1.29 is 14.3 Å². The average Bonchev–Trinajstić information content (AvgIpc) is 2.65. The summed E-state index contributed by atoms with van der Waals surface area (Å²) in [4.78, 5) is 15.6. The van der Waals surface area contributed by atoms with E-state index in [1.165, 1.54) is 32.1 Å². The Balaban J connectivity index is 1.55. The van der Waals surface area contributed by atoms with Crippen molar-refractivity contribution in [2.45, 2.75) is 58.0 Å². The summed E-state index contributed by atoms with van der Waals surface area (Å²) in [5, 5.41) is 0. The van der Waals surface area contributed by atoms with Gasteiger partial charge in [-0.2, -0.15) is 0 Å². The van der Waals surface area contributed by atoms with E-state index in [-0.39, 0.29) is 6.04 Å². The molecule has 27 heavy (non-hydrogen) atoms. The number of para-hydroxylation sites is 1. The number of carbonyl (C=O) groups excluding carboxylic acids is 1. The Bertz CT molecular complexity index is 743. The van der Waals surface area contributed by atoms with Gasteiger partial charge in [0.05, 0.1) is 25.7 Å². The van der Waals surface area contributed by atoms with Gasteiger partial charge in [-0.1, -0.05) is 12.1 Å². The van der Waals surface area contributed by atoms with Gasteiger partial charge in [-0.25, -0.2) is 0 Å². The molecule has 4 heteroatoms. The van der Waals surface area contributed by atoms with Crippen LogP contribution in [0.3, 0.4) is 0 Å². The summed E-state index contributed by atoms with van der Waals surface area (Å²) >= 11 is 0. The maximum Gasteiger partial charge on any atom is 0.231 e. The second-order valence-electron chi connectivity index (χ2n) is 9.84. The van der Waals surface area contributed by atoms with Gasteiger partial charge in [-0.3, -0.25) is 4.79 Å². The molecule has 1 aliphatic heterocycles. The largest absolute Gasteiger partial charge is 0.493 e. The van der Waals surface area contributed by atoms with Crippen LogP contribution in [0, 0.1) is 29.1 Å². The van der Waals surface area contributed by atoms with Crippen LogP contribution in [0.25, 0.3) is 0 Å². The Kier molecular flexibility index (Phi) is 3.80. The Morgan fingerprint density at radius 1 is 0.963 bits per heavy atom. The highest BCUT2D eigenvalue weighted by molar-refractivity contribution is 5.90. The Hall–Kier alpha value is -1.71. The molecule has 5 fully saturated rings. The molecule has 1 unspecified atom stereocenters. The zero-order chi connectivity index (χ0) is 18.9. The third-order valence-electron chi connectivity index (χ3n) is 7.97. The second kappa shape index (κ2) is 5.89. The SMILES string of the molecule is COc1cccc(C2N(C3C4CC5CC(C4)CC3C5)C(=O)C2(C)C)c1OC. The lowest BCUT2D eigenvalue weighted by Crippen LogP contribution is -2.69. The summed E-state index contributed by atoms with van der Waals surface area (Å²) in [7, 11) is 3.37. The maximum absolute atomic E-state index is 13.3. The van der Waals surface area contributed by atoms with Gasteiger partial charge in [0.1, 0.15) is 0 Å². The fraction of sp³-hybridized carbons (Fsp3) is 0.696. The summed E-state index contributed by atoms with van der Waals surface area (Å²) in [5.74, 6) is 5.06. The zero-order valence-electron chi connectivity index (χ0n) is 16.9. The molecule has 0 radical (unpaired) electrons. The number of hydrogen-bond acceptors (Lipinski definition) is 3. The van der Waals surface area contributed by atoms with Gasteiger partial charge >= 0.3 is 0 Å². The maximum atomic E-state index is 13.3. The molecule has 1 aromatic carbocycles. The number of β-lactam (4-membered cyclic amide) rings is 1. The van der Waals surface area contributed by atoms with E-state index in [1.54, 1.807) is 14.2 Å². The van der Waals surface area contributed by atoms with Crippen molar-refractivity contribution in [2.24, 2.45) is 29.1 Å². The molecular formula is C23H31NO3. The quantitative estimate of drug-likeness (QED) is 0.737. The first-order chi connectivity index (χ1) is 13.0. The summed E-state index contributed by atoms with van der Waals surface area (Å²) in [6.07, 6.45) is 6.73. The molecule has 4 bridgehead atoms. The van der Waals surface area contributed by atoms with Crippen LogP contribution in [0.2, 0.25) is 0 Å². The number of likely N-dealkylation sites (tertiary alicyclic amines) is 1. The molecule has 5 aliphatic rings. The number of carbonyl (C=O) groups is 1. The van der Waals surface area contributed by atoms with E-state index in [2.05, 4.69) is 24.8 Å². The second-order valence-corrected chi connectivity index (χ2v) is 9.84. The molecule has 1 heterocycles. The first kappa shape index (κ1) is 17.4. The number of methoxy groups -OCH3 is 2. The molecule has 6 rings (SSSR count). The Morgan fingerprint density at radius 3 is 2.15 bits per heavy atom. The molecular weight excluding hydrogens is 338 g/mol. The highest BCUT2D eigenvalue weighted by atomic mass is 16.5. The highest BCUT2D eigenvalue weighted by Gasteiger charge is 2.62.